The number of amides is 1. The molecule has 0 spiro atoms. The summed E-state index contributed by atoms with van der Waals surface area (Å²) in [4.78, 5) is 24.5. The quantitative estimate of drug-likeness (QED) is 0.0320. The van der Waals surface area contributed by atoms with Crippen molar-refractivity contribution in [1.29, 1.82) is 0 Å². The zero-order chi connectivity index (χ0) is 54.3. The second-order valence-corrected chi connectivity index (χ2v) is 23.9. The number of hydrogen-bond acceptors (Lipinski definition) is 5. The van der Waals surface area contributed by atoms with Gasteiger partial charge in [0.15, 0.2) is 0 Å². The minimum absolute atomic E-state index is 0.0234. The molecule has 0 aliphatic carbocycles. The van der Waals surface area contributed by atoms with Gasteiger partial charge in [-0.3, -0.25) is 9.59 Å². The topological polar surface area (TPSA) is 95.9 Å². The molecule has 0 fully saturated rings. The summed E-state index contributed by atoms with van der Waals surface area (Å²) in [7, 11) is 0. The van der Waals surface area contributed by atoms with Crippen LogP contribution in [0.25, 0.3) is 0 Å². The highest BCUT2D eigenvalue weighted by atomic mass is 16.5. The Morgan fingerprint density at radius 1 is 0.360 bits per heavy atom. The average Bonchev–Trinajstić information content (AvgIpc) is 3.41. The summed E-state index contributed by atoms with van der Waals surface area (Å²) in [6.45, 7) is 4.94. The number of ether oxygens (including phenoxy) is 1. The summed E-state index contributed by atoms with van der Waals surface area (Å²) in [5, 5.41) is 23.1. The lowest BCUT2D eigenvalue weighted by Gasteiger charge is -2.20. The Labute approximate surface area is 469 Å². The molecular weight excluding hydrogens is 923 g/mol. The van der Waals surface area contributed by atoms with E-state index in [1.807, 2.05) is 6.08 Å². The Morgan fingerprint density at radius 3 is 0.907 bits per heavy atom. The number of carbonyl (C=O) groups is 2. The van der Waals surface area contributed by atoms with Crippen molar-refractivity contribution < 1.29 is 24.5 Å². The van der Waals surface area contributed by atoms with Crippen LogP contribution in [0.3, 0.4) is 0 Å². The zero-order valence-corrected chi connectivity index (χ0v) is 51.1. The summed E-state index contributed by atoms with van der Waals surface area (Å²) >= 11 is 0. The molecule has 0 saturated carbocycles. The van der Waals surface area contributed by atoms with Crippen LogP contribution in [0.5, 0.6) is 0 Å². The van der Waals surface area contributed by atoms with Gasteiger partial charge in [0.1, 0.15) is 0 Å². The molecule has 0 aromatic heterocycles. The lowest BCUT2D eigenvalue weighted by Crippen LogP contribution is -2.45. The van der Waals surface area contributed by atoms with Crippen LogP contribution >= 0.6 is 0 Å². The van der Waals surface area contributed by atoms with Crippen LogP contribution in [-0.2, 0) is 14.3 Å². The number of esters is 1. The Hall–Kier alpha value is -1.40. The van der Waals surface area contributed by atoms with Crippen molar-refractivity contribution in [3.8, 4) is 0 Å². The molecule has 0 aromatic carbocycles. The standard InChI is InChI=1S/C69H135NO5/c1-3-5-7-9-11-13-15-17-39-43-47-51-55-59-63-69(74)75-64-60-56-52-48-44-40-36-34-32-30-28-26-24-22-20-18-19-21-23-25-27-29-31-33-35-38-42-46-50-54-58-62-68(73)70-66(65-71)67(72)61-57-53-49-45-41-37-16-14-12-10-8-6-4-2/h57,61,66-67,71-72H,3-56,58-60,62-65H2,1-2H3,(H,70,73)/b61-57+. The fourth-order valence-corrected chi connectivity index (χ4v) is 11.1. The van der Waals surface area contributed by atoms with E-state index in [1.54, 1.807) is 6.08 Å². The van der Waals surface area contributed by atoms with Crippen molar-refractivity contribution in [2.45, 2.75) is 405 Å². The molecule has 0 aromatic rings. The van der Waals surface area contributed by atoms with E-state index in [-0.39, 0.29) is 18.5 Å². The Bertz CT molecular complexity index is 1130. The largest absolute Gasteiger partial charge is 0.466 e. The molecule has 0 aliphatic rings. The molecule has 0 bridgehead atoms. The fraction of sp³-hybridized carbons (Fsp3) is 0.942. The molecular formula is C69H135NO5. The molecule has 446 valence electrons. The van der Waals surface area contributed by atoms with Gasteiger partial charge in [0.25, 0.3) is 0 Å². The monoisotopic (exact) mass is 1060 g/mol. The van der Waals surface area contributed by atoms with E-state index >= 15 is 0 Å². The third kappa shape index (κ3) is 61.7. The van der Waals surface area contributed by atoms with Crippen LogP contribution in [0.4, 0.5) is 0 Å². The molecule has 0 radical (unpaired) electrons. The van der Waals surface area contributed by atoms with Gasteiger partial charge in [0, 0.05) is 12.8 Å². The molecule has 1 amide bonds. The fourth-order valence-electron chi connectivity index (χ4n) is 11.1. The van der Waals surface area contributed by atoms with E-state index in [0.29, 0.717) is 19.4 Å². The first kappa shape index (κ1) is 73.6. The van der Waals surface area contributed by atoms with Gasteiger partial charge in [-0.25, -0.2) is 0 Å². The van der Waals surface area contributed by atoms with E-state index in [1.165, 1.54) is 327 Å². The van der Waals surface area contributed by atoms with Crippen LogP contribution in [0.1, 0.15) is 393 Å². The third-order valence-corrected chi connectivity index (χ3v) is 16.3. The number of aliphatic hydroxyl groups excluding tert-OH is 2. The molecule has 0 rings (SSSR count). The first-order valence-electron chi connectivity index (χ1n) is 34.5. The second-order valence-electron chi connectivity index (χ2n) is 23.9. The van der Waals surface area contributed by atoms with Crippen molar-refractivity contribution in [3.05, 3.63) is 12.2 Å². The van der Waals surface area contributed by atoms with E-state index in [2.05, 4.69) is 19.2 Å². The van der Waals surface area contributed by atoms with Gasteiger partial charge in [-0.2, -0.15) is 0 Å². The smallest absolute Gasteiger partial charge is 0.305 e. The SMILES string of the molecule is CCCCCCCCCCCCC/C=C/C(O)C(CO)NC(=O)CCCCCCCCCCCCCCCCCCCCCCCCCCCCCCCCCOC(=O)CCCCCCCCCCCCCCCC. The molecule has 3 N–H and O–H groups in total. The van der Waals surface area contributed by atoms with Crippen molar-refractivity contribution in [2.24, 2.45) is 0 Å². The molecule has 0 aliphatic heterocycles. The highest BCUT2D eigenvalue weighted by Crippen LogP contribution is 2.19. The molecule has 2 atom stereocenters. The maximum absolute atomic E-state index is 12.5. The molecule has 6 nitrogen and oxygen atoms in total. The van der Waals surface area contributed by atoms with Gasteiger partial charge in [0.05, 0.1) is 25.4 Å². The van der Waals surface area contributed by atoms with Gasteiger partial charge in [0.2, 0.25) is 5.91 Å². The summed E-state index contributed by atoms with van der Waals surface area (Å²) < 4.78 is 5.50. The van der Waals surface area contributed by atoms with Crippen molar-refractivity contribution in [1.82, 2.24) is 5.32 Å². The number of aliphatic hydroxyl groups is 2. The maximum atomic E-state index is 12.5. The Balaban J connectivity index is 3.31. The van der Waals surface area contributed by atoms with Gasteiger partial charge >= 0.3 is 5.97 Å². The van der Waals surface area contributed by atoms with Crippen LogP contribution in [0, 0.1) is 0 Å². The molecule has 0 heterocycles. The Kier molecular flexibility index (Phi) is 63.9. The molecule has 6 heteroatoms. The number of rotatable bonds is 65. The van der Waals surface area contributed by atoms with Crippen LogP contribution < -0.4 is 5.32 Å². The van der Waals surface area contributed by atoms with Crippen LogP contribution in [0.15, 0.2) is 12.2 Å². The number of allylic oxidation sites excluding steroid dienone is 1. The normalized spacial score (nSPS) is 12.5. The Morgan fingerprint density at radius 2 is 0.613 bits per heavy atom. The van der Waals surface area contributed by atoms with E-state index in [0.717, 1.165) is 38.5 Å². The lowest BCUT2D eigenvalue weighted by atomic mass is 10.0. The first-order valence-corrected chi connectivity index (χ1v) is 34.5. The second kappa shape index (κ2) is 65.1. The number of unbranched alkanes of at least 4 members (excludes halogenated alkanes) is 54. The summed E-state index contributed by atoms with van der Waals surface area (Å²) in [6.07, 6.45) is 80.1. The number of nitrogens with one attached hydrogen (secondary N) is 1. The predicted molar refractivity (Wildman–Crippen MR) is 329 cm³/mol. The molecule has 2 unspecified atom stereocenters. The summed E-state index contributed by atoms with van der Waals surface area (Å²) in [5.41, 5.74) is 0. The van der Waals surface area contributed by atoms with Crippen molar-refractivity contribution in [2.75, 3.05) is 13.2 Å². The molecule has 75 heavy (non-hydrogen) atoms. The maximum Gasteiger partial charge on any atom is 0.305 e. The van der Waals surface area contributed by atoms with E-state index in [9.17, 15) is 19.8 Å². The highest BCUT2D eigenvalue weighted by Gasteiger charge is 2.18. The number of hydrogen-bond donors (Lipinski definition) is 3. The lowest BCUT2D eigenvalue weighted by molar-refractivity contribution is -0.143. The highest BCUT2D eigenvalue weighted by molar-refractivity contribution is 5.76. The van der Waals surface area contributed by atoms with Crippen LogP contribution in [-0.4, -0.2) is 47.4 Å². The van der Waals surface area contributed by atoms with Crippen molar-refractivity contribution in [3.63, 3.8) is 0 Å². The first-order chi connectivity index (χ1) is 37.0. The summed E-state index contributed by atoms with van der Waals surface area (Å²) in [6, 6.07) is -0.623. The summed E-state index contributed by atoms with van der Waals surface area (Å²) in [5.74, 6) is -0.0385. The number of carbonyl (C=O) groups excluding carboxylic acids is 2. The molecule has 0 saturated heterocycles. The van der Waals surface area contributed by atoms with Gasteiger partial charge in [-0.15, -0.1) is 0 Å². The third-order valence-electron chi connectivity index (χ3n) is 16.3. The predicted octanol–water partition coefficient (Wildman–Crippen LogP) is 22.0. The van der Waals surface area contributed by atoms with Gasteiger partial charge in [-0.1, -0.05) is 360 Å². The van der Waals surface area contributed by atoms with E-state index < -0.39 is 12.1 Å². The van der Waals surface area contributed by atoms with Gasteiger partial charge in [-0.05, 0) is 32.1 Å². The van der Waals surface area contributed by atoms with Gasteiger partial charge < -0.3 is 20.3 Å². The van der Waals surface area contributed by atoms with Crippen LogP contribution in [0.2, 0.25) is 0 Å². The minimum atomic E-state index is -0.840. The minimum Gasteiger partial charge on any atom is -0.466 e. The zero-order valence-electron chi connectivity index (χ0n) is 51.1. The van der Waals surface area contributed by atoms with Crippen molar-refractivity contribution >= 4 is 11.9 Å². The average molecular weight is 1060 g/mol. The van der Waals surface area contributed by atoms with E-state index in [4.69, 9.17) is 4.74 Å².